The summed E-state index contributed by atoms with van der Waals surface area (Å²) in [5.41, 5.74) is -0.332. The molecule has 0 amide bonds. The first-order valence-electron chi connectivity index (χ1n) is 6.43. The molecule has 0 rings (SSSR count). The molecule has 0 spiro atoms. The third kappa shape index (κ3) is 6.86. The van der Waals surface area contributed by atoms with Crippen LogP contribution in [0.4, 0.5) is 0 Å². The third-order valence-corrected chi connectivity index (χ3v) is 2.83. The predicted molar refractivity (Wildman–Crippen MR) is 68.3 cm³/mol. The molecule has 0 aromatic rings. The van der Waals surface area contributed by atoms with E-state index in [0.717, 1.165) is 19.3 Å². The maximum Gasteiger partial charge on any atom is 0.311 e. The Hall–Kier alpha value is -0.530. The maximum atomic E-state index is 11.8. The summed E-state index contributed by atoms with van der Waals surface area (Å²) in [6.45, 7) is 13.2. The van der Waals surface area contributed by atoms with Crippen LogP contribution in [-0.4, -0.2) is 12.6 Å². The third-order valence-electron chi connectivity index (χ3n) is 2.83. The van der Waals surface area contributed by atoms with Crippen molar-refractivity contribution >= 4 is 5.97 Å². The summed E-state index contributed by atoms with van der Waals surface area (Å²) in [6.07, 6.45) is 2.93. The molecule has 0 saturated carbocycles. The summed E-state index contributed by atoms with van der Waals surface area (Å²) in [4.78, 5) is 11.8. The second-order valence-corrected chi connectivity index (χ2v) is 6.13. The average Bonchev–Trinajstić information content (AvgIpc) is 2.14. The van der Waals surface area contributed by atoms with Crippen LogP contribution in [0.5, 0.6) is 0 Å². The van der Waals surface area contributed by atoms with E-state index in [-0.39, 0.29) is 11.4 Å². The molecule has 0 radical (unpaired) electrons. The molecule has 2 nitrogen and oxygen atoms in total. The van der Waals surface area contributed by atoms with Crippen LogP contribution in [-0.2, 0) is 9.53 Å². The molecular weight excluding hydrogens is 200 g/mol. The molecule has 16 heavy (non-hydrogen) atoms. The fourth-order valence-electron chi connectivity index (χ4n) is 1.33. The number of rotatable bonds is 7. The fourth-order valence-corrected chi connectivity index (χ4v) is 1.33. The molecule has 0 aliphatic carbocycles. The number of hydrogen-bond acceptors (Lipinski definition) is 2. The van der Waals surface area contributed by atoms with Gasteiger partial charge in [0.15, 0.2) is 0 Å². The zero-order chi connectivity index (χ0) is 12.8. The summed E-state index contributed by atoms with van der Waals surface area (Å²) in [5, 5.41) is 0. The standard InChI is InChI=1S/C14H28O2/c1-11(2)7-9-14(5,6)13(15)16-10-8-12(3)4/h11-12H,7-10H2,1-6H3. The van der Waals surface area contributed by atoms with E-state index in [2.05, 4.69) is 27.7 Å². The van der Waals surface area contributed by atoms with E-state index in [1.54, 1.807) is 0 Å². The first-order valence-corrected chi connectivity index (χ1v) is 6.43. The van der Waals surface area contributed by atoms with Crippen molar-refractivity contribution < 1.29 is 9.53 Å². The highest BCUT2D eigenvalue weighted by atomic mass is 16.5. The van der Waals surface area contributed by atoms with Crippen LogP contribution in [0.25, 0.3) is 0 Å². The van der Waals surface area contributed by atoms with Gasteiger partial charge in [0.05, 0.1) is 12.0 Å². The topological polar surface area (TPSA) is 26.3 Å². The van der Waals surface area contributed by atoms with Gasteiger partial charge in [-0.2, -0.15) is 0 Å². The molecule has 0 unspecified atom stereocenters. The first-order chi connectivity index (χ1) is 7.25. The Kier molecular flexibility index (Phi) is 6.70. The minimum atomic E-state index is -0.332. The van der Waals surface area contributed by atoms with Crippen molar-refractivity contribution in [3.63, 3.8) is 0 Å². The molecule has 0 aliphatic heterocycles. The summed E-state index contributed by atoms with van der Waals surface area (Å²) in [5.74, 6) is 1.18. The summed E-state index contributed by atoms with van der Waals surface area (Å²) in [6, 6.07) is 0. The Morgan fingerprint density at radius 1 is 1.06 bits per heavy atom. The van der Waals surface area contributed by atoms with Gasteiger partial charge >= 0.3 is 5.97 Å². The zero-order valence-corrected chi connectivity index (χ0v) is 11.8. The molecule has 0 fully saturated rings. The molecule has 0 aromatic carbocycles. The molecule has 0 heterocycles. The van der Waals surface area contributed by atoms with Crippen molar-refractivity contribution in [1.82, 2.24) is 0 Å². The highest BCUT2D eigenvalue weighted by Gasteiger charge is 2.29. The van der Waals surface area contributed by atoms with Crippen LogP contribution >= 0.6 is 0 Å². The van der Waals surface area contributed by atoms with Gasteiger partial charge in [-0.05, 0) is 44.9 Å². The quantitative estimate of drug-likeness (QED) is 0.615. The highest BCUT2D eigenvalue weighted by Crippen LogP contribution is 2.26. The van der Waals surface area contributed by atoms with Gasteiger partial charge in [0, 0.05) is 0 Å². The molecule has 0 aliphatic rings. The van der Waals surface area contributed by atoms with Crippen LogP contribution in [0.2, 0.25) is 0 Å². The molecule has 0 saturated heterocycles. The Morgan fingerprint density at radius 2 is 1.56 bits per heavy atom. The number of carbonyl (C=O) groups is 1. The second kappa shape index (κ2) is 6.93. The van der Waals surface area contributed by atoms with Gasteiger partial charge in [-0.25, -0.2) is 0 Å². The number of carbonyl (C=O) groups excluding carboxylic acids is 1. The normalized spacial score (nSPS) is 12.2. The van der Waals surface area contributed by atoms with Gasteiger partial charge in [0.2, 0.25) is 0 Å². The SMILES string of the molecule is CC(C)CCOC(=O)C(C)(C)CCC(C)C. The van der Waals surface area contributed by atoms with E-state index in [1.165, 1.54) is 0 Å². The number of hydrogen-bond donors (Lipinski definition) is 0. The van der Waals surface area contributed by atoms with Crippen LogP contribution < -0.4 is 0 Å². The minimum absolute atomic E-state index is 0.0474. The summed E-state index contributed by atoms with van der Waals surface area (Å²) < 4.78 is 5.31. The first kappa shape index (κ1) is 15.5. The van der Waals surface area contributed by atoms with E-state index in [9.17, 15) is 4.79 Å². The maximum absolute atomic E-state index is 11.8. The molecule has 0 aromatic heterocycles. The number of ether oxygens (including phenoxy) is 1. The lowest BCUT2D eigenvalue weighted by Gasteiger charge is -2.23. The monoisotopic (exact) mass is 228 g/mol. The van der Waals surface area contributed by atoms with Crippen molar-refractivity contribution in [2.24, 2.45) is 17.3 Å². The lowest BCUT2D eigenvalue weighted by molar-refractivity contribution is -0.154. The molecule has 0 bridgehead atoms. The van der Waals surface area contributed by atoms with Gasteiger partial charge in [0.25, 0.3) is 0 Å². The van der Waals surface area contributed by atoms with E-state index in [4.69, 9.17) is 4.74 Å². The fraction of sp³-hybridized carbons (Fsp3) is 0.929. The van der Waals surface area contributed by atoms with E-state index in [1.807, 2.05) is 13.8 Å². The van der Waals surface area contributed by atoms with Crippen LogP contribution in [0, 0.1) is 17.3 Å². The van der Waals surface area contributed by atoms with E-state index in [0.29, 0.717) is 18.4 Å². The smallest absolute Gasteiger partial charge is 0.311 e. The molecular formula is C14H28O2. The van der Waals surface area contributed by atoms with Gasteiger partial charge in [-0.15, -0.1) is 0 Å². The van der Waals surface area contributed by atoms with Crippen LogP contribution in [0.1, 0.15) is 60.8 Å². The minimum Gasteiger partial charge on any atom is -0.465 e. The Bertz CT molecular complexity index is 205. The van der Waals surface area contributed by atoms with Crippen molar-refractivity contribution in [2.45, 2.75) is 60.8 Å². The zero-order valence-electron chi connectivity index (χ0n) is 11.8. The Balaban J connectivity index is 3.94. The molecule has 0 atom stereocenters. The Morgan fingerprint density at radius 3 is 2.00 bits per heavy atom. The second-order valence-electron chi connectivity index (χ2n) is 6.13. The van der Waals surface area contributed by atoms with E-state index < -0.39 is 0 Å². The van der Waals surface area contributed by atoms with Crippen molar-refractivity contribution in [3.05, 3.63) is 0 Å². The van der Waals surface area contributed by atoms with Gasteiger partial charge in [-0.1, -0.05) is 27.7 Å². The molecule has 96 valence electrons. The van der Waals surface area contributed by atoms with Gasteiger partial charge in [-0.3, -0.25) is 4.79 Å². The molecule has 0 N–H and O–H groups in total. The lowest BCUT2D eigenvalue weighted by Crippen LogP contribution is -2.27. The average molecular weight is 228 g/mol. The predicted octanol–water partition coefficient (Wildman–Crippen LogP) is 4.04. The highest BCUT2D eigenvalue weighted by molar-refractivity contribution is 5.75. The van der Waals surface area contributed by atoms with E-state index >= 15 is 0 Å². The van der Waals surface area contributed by atoms with Crippen molar-refractivity contribution in [2.75, 3.05) is 6.61 Å². The Labute approximate surface area is 101 Å². The largest absolute Gasteiger partial charge is 0.465 e. The van der Waals surface area contributed by atoms with Crippen LogP contribution in [0.15, 0.2) is 0 Å². The van der Waals surface area contributed by atoms with Gasteiger partial charge < -0.3 is 4.74 Å². The summed E-state index contributed by atoms with van der Waals surface area (Å²) >= 11 is 0. The molecule has 2 heteroatoms. The van der Waals surface area contributed by atoms with Crippen molar-refractivity contribution in [1.29, 1.82) is 0 Å². The van der Waals surface area contributed by atoms with Crippen LogP contribution in [0.3, 0.4) is 0 Å². The number of esters is 1. The van der Waals surface area contributed by atoms with Crippen molar-refractivity contribution in [3.8, 4) is 0 Å². The summed E-state index contributed by atoms with van der Waals surface area (Å²) in [7, 11) is 0. The lowest BCUT2D eigenvalue weighted by atomic mass is 9.85. The van der Waals surface area contributed by atoms with Gasteiger partial charge in [0.1, 0.15) is 0 Å².